The number of pyridine rings is 2. The number of nitrogens with zero attached hydrogens (tertiary/aromatic N) is 5. The lowest BCUT2D eigenvalue weighted by Gasteiger charge is -2.39. The third-order valence-corrected chi connectivity index (χ3v) is 10.7. The lowest BCUT2D eigenvalue weighted by molar-refractivity contribution is -0.124. The van der Waals surface area contributed by atoms with Crippen LogP contribution in [-0.4, -0.2) is 64.7 Å². The number of aromatic nitrogens is 3. The first-order valence-electron chi connectivity index (χ1n) is 17.9. The molecule has 1 saturated heterocycles. The number of hydrogen-bond acceptors (Lipinski definition) is 8. The standard InChI is InChI=1S/C38H51N5O5/c1-6-26-20-42(21-26)38(45)48-31-13-11-29(12-14-31)37(44)43(35-19-30(17-18-39-35)33-23-47-36(41-33)24(2)3)22-27-7-9-28(10-8-27)32-15-16-34(46-5)25(4)40-32/h15-19,23-24,26-29,31H,6-14,20-22H2,1-5H3. The van der Waals surface area contributed by atoms with Crippen LogP contribution < -0.4 is 9.64 Å². The van der Waals surface area contributed by atoms with Crippen molar-refractivity contribution in [1.29, 1.82) is 0 Å². The van der Waals surface area contributed by atoms with Crippen molar-refractivity contribution in [3.63, 3.8) is 0 Å². The minimum Gasteiger partial charge on any atom is -0.495 e. The number of likely N-dealkylation sites (tertiary alicyclic amines) is 1. The van der Waals surface area contributed by atoms with Gasteiger partial charge in [-0.25, -0.2) is 14.8 Å². The number of oxazole rings is 1. The summed E-state index contributed by atoms with van der Waals surface area (Å²) in [6.07, 6.45) is 11.1. The molecule has 258 valence electrons. The molecule has 0 bridgehead atoms. The highest BCUT2D eigenvalue weighted by atomic mass is 16.6. The van der Waals surface area contributed by atoms with Crippen molar-refractivity contribution in [2.24, 2.45) is 17.8 Å². The van der Waals surface area contributed by atoms with E-state index < -0.39 is 0 Å². The van der Waals surface area contributed by atoms with Crippen LogP contribution in [0.3, 0.4) is 0 Å². The van der Waals surface area contributed by atoms with Gasteiger partial charge >= 0.3 is 6.09 Å². The maximum atomic E-state index is 14.4. The molecule has 0 aromatic carbocycles. The minimum absolute atomic E-state index is 0.107. The van der Waals surface area contributed by atoms with E-state index in [0.717, 1.165) is 73.6 Å². The molecule has 3 fully saturated rings. The number of hydrogen-bond donors (Lipinski definition) is 0. The zero-order chi connectivity index (χ0) is 33.8. The summed E-state index contributed by atoms with van der Waals surface area (Å²) in [4.78, 5) is 45.0. The number of methoxy groups -OCH3 is 1. The van der Waals surface area contributed by atoms with Crippen LogP contribution in [0.2, 0.25) is 0 Å². The van der Waals surface area contributed by atoms with Crippen LogP contribution in [0.25, 0.3) is 11.3 Å². The quantitative estimate of drug-likeness (QED) is 0.216. The van der Waals surface area contributed by atoms with Gasteiger partial charge in [0.15, 0.2) is 5.89 Å². The van der Waals surface area contributed by atoms with E-state index in [2.05, 4.69) is 26.8 Å². The third-order valence-electron chi connectivity index (χ3n) is 10.7. The molecule has 10 nitrogen and oxygen atoms in total. The van der Waals surface area contributed by atoms with Crippen LogP contribution in [0.4, 0.5) is 10.6 Å². The number of carbonyl (C=O) groups excluding carboxylic acids is 2. The fourth-order valence-corrected chi connectivity index (χ4v) is 7.46. The number of amides is 2. The molecule has 4 heterocycles. The van der Waals surface area contributed by atoms with Gasteiger partial charge in [0.1, 0.15) is 29.6 Å². The SMILES string of the molecule is CCC1CN(C(=O)OC2CCC(C(=O)N(CC3CCC(c4ccc(OC)c(C)n4)CC3)c3cc(-c4coc(C(C)C)n4)ccn3)CC2)C1. The van der Waals surface area contributed by atoms with Crippen LogP contribution in [0.15, 0.2) is 41.1 Å². The normalized spacial score (nSPS) is 23.1. The molecule has 0 unspecified atom stereocenters. The molecule has 0 spiro atoms. The van der Waals surface area contributed by atoms with Gasteiger partial charge < -0.3 is 18.8 Å². The number of ether oxygens (including phenoxy) is 2. The topological polar surface area (TPSA) is 111 Å². The van der Waals surface area contributed by atoms with Crippen molar-refractivity contribution in [3.8, 4) is 17.0 Å². The van der Waals surface area contributed by atoms with Gasteiger partial charge in [-0.15, -0.1) is 0 Å². The summed E-state index contributed by atoms with van der Waals surface area (Å²) < 4.78 is 17.0. The van der Waals surface area contributed by atoms with Crippen LogP contribution in [0, 0.1) is 24.7 Å². The third kappa shape index (κ3) is 7.68. The molecular weight excluding hydrogens is 606 g/mol. The largest absolute Gasteiger partial charge is 0.495 e. The van der Waals surface area contributed by atoms with Crippen molar-refractivity contribution in [2.45, 2.75) is 103 Å². The zero-order valence-corrected chi connectivity index (χ0v) is 29.2. The van der Waals surface area contributed by atoms with E-state index in [1.54, 1.807) is 24.5 Å². The molecule has 3 aliphatic rings. The maximum Gasteiger partial charge on any atom is 0.410 e. The predicted molar refractivity (Wildman–Crippen MR) is 184 cm³/mol. The Bertz CT molecular complexity index is 1550. The first kappa shape index (κ1) is 33.9. The minimum atomic E-state index is -0.207. The van der Waals surface area contributed by atoms with Crippen molar-refractivity contribution >= 4 is 17.8 Å². The van der Waals surface area contributed by atoms with Gasteiger partial charge in [-0.2, -0.15) is 0 Å². The molecule has 6 rings (SSSR count). The lowest BCUT2D eigenvalue weighted by atomic mass is 9.79. The Hall–Kier alpha value is -3.95. The van der Waals surface area contributed by atoms with Gasteiger partial charge in [-0.05, 0) is 101 Å². The van der Waals surface area contributed by atoms with Gasteiger partial charge in [0, 0.05) is 54.8 Å². The van der Waals surface area contributed by atoms with E-state index in [1.165, 1.54) is 0 Å². The smallest absolute Gasteiger partial charge is 0.410 e. The summed E-state index contributed by atoms with van der Waals surface area (Å²) in [5.41, 5.74) is 3.67. The van der Waals surface area contributed by atoms with Crippen molar-refractivity contribution < 1.29 is 23.5 Å². The Labute approximate surface area is 284 Å². The summed E-state index contributed by atoms with van der Waals surface area (Å²) in [6.45, 7) is 10.4. The van der Waals surface area contributed by atoms with E-state index >= 15 is 0 Å². The van der Waals surface area contributed by atoms with Crippen molar-refractivity contribution in [3.05, 3.63) is 54.0 Å². The van der Waals surface area contributed by atoms with Gasteiger partial charge in [0.05, 0.1) is 12.8 Å². The monoisotopic (exact) mass is 657 g/mol. The fraction of sp³-hybridized carbons (Fsp3) is 0.605. The average molecular weight is 658 g/mol. The number of anilines is 1. The second-order valence-electron chi connectivity index (χ2n) is 14.4. The Balaban J connectivity index is 1.14. The Morgan fingerprint density at radius 1 is 1.00 bits per heavy atom. The Kier molecular flexibility index (Phi) is 10.7. The highest BCUT2D eigenvalue weighted by Crippen LogP contribution is 2.38. The molecule has 10 heteroatoms. The molecule has 2 saturated carbocycles. The molecule has 0 radical (unpaired) electrons. The van der Waals surface area contributed by atoms with E-state index in [-0.39, 0.29) is 29.9 Å². The van der Waals surface area contributed by atoms with Gasteiger partial charge in [0.25, 0.3) is 0 Å². The summed E-state index contributed by atoms with van der Waals surface area (Å²) in [5, 5.41) is 0. The number of carbonyl (C=O) groups is 2. The van der Waals surface area contributed by atoms with E-state index in [9.17, 15) is 9.59 Å². The van der Waals surface area contributed by atoms with Crippen molar-refractivity contribution in [2.75, 3.05) is 31.6 Å². The fourth-order valence-electron chi connectivity index (χ4n) is 7.46. The molecular formula is C38H51N5O5. The van der Waals surface area contributed by atoms with E-state index in [4.69, 9.17) is 28.8 Å². The number of aryl methyl sites for hydroxylation is 1. The second-order valence-corrected chi connectivity index (χ2v) is 14.4. The first-order chi connectivity index (χ1) is 23.2. The first-order valence-corrected chi connectivity index (χ1v) is 17.9. The summed E-state index contributed by atoms with van der Waals surface area (Å²) >= 11 is 0. The summed E-state index contributed by atoms with van der Waals surface area (Å²) in [7, 11) is 1.68. The van der Waals surface area contributed by atoms with Crippen LogP contribution >= 0.6 is 0 Å². The van der Waals surface area contributed by atoms with E-state index in [1.807, 2.05) is 30.0 Å². The van der Waals surface area contributed by atoms with Crippen LogP contribution in [0.1, 0.15) is 108 Å². The molecule has 2 amide bonds. The predicted octanol–water partition coefficient (Wildman–Crippen LogP) is 7.92. The summed E-state index contributed by atoms with van der Waals surface area (Å²) in [6, 6.07) is 8.00. The molecule has 48 heavy (non-hydrogen) atoms. The van der Waals surface area contributed by atoms with E-state index in [0.29, 0.717) is 61.7 Å². The molecule has 3 aromatic rings. The Morgan fingerprint density at radius 2 is 1.75 bits per heavy atom. The zero-order valence-electron chi connectivity index (χ0n) is 29.2. The summed E-state index contributed by atoms with van der Waals surface area (Å²) in [5.74, 6) is 3.65. The lowest BCUT2D eigenvalue weighted by Crippen LogP contribution is -2.50. The molecule has 1 aliphatic heterocycles. The van der Waals surface area contributed by atoms with Gasteiger partial charge in [-0.1, -0.05) is 20.8 Å². The Morgan fingerprint density at radius 3 is 2.40 bits per heavy atom. The molecule has 2 aliphatic carbocycles. The van der Waals surface area contributed by atoms with Gasteiger partial charge in [-0.3, -0.25) is 14.7 Å². The molecule has 0 atom stereocenters. The average Bonchev–Trinajstić information content (AvgIpc) is 3.58. The highest BCUT2D eigenvalue weighted by Gasteiger charge is 2.36. The van der Waals surface area contributed by atoms with Crippen molar-refractivity contribution in [1.82, 2.24) is 19.9 Å². The number of rotatable bonds is 10. The van der Waals surface area contributed by atoms with Crippen LogP contribution in [0.5, 0.6) is 5.75 Å². The van der Waals surface area contributed by atoms with Crippen LogP contribution in [-0.2, 0) is 9.53 Å². The van der Waals surface area contributed by atoms with Gasteiger partial charge in [0.2, 0.25) is 5.91 Å². The second kappa shape index (κ2) is 15.1. The highest BCUT2D eigenvalue weighted by molar-refractivity contribution is 5.94. The molecule has 0 N–H and O–H groups in total. The molecule has 3 aromatic heterocycles. The maximum absolute atomic E-state index is 14.4.